The van der Waals surface area contributed by atoms with E-state index in [1.165, 1.54) is 0 Å². The van der Waals surface area contributed by atoms with Crippen LogP contribution in [0.1, 0.15) is 6.92 Å². The van der Waals surface area contributed by atoms with Crippen LogP contribution in [0.5, 0.6) is 0 Å². The summed E-state index contributed by atoms with van der Waals surface area (Å²) in [5.74, 6) is 0. The molecular weight excluding hydrogens is 158 g/mol. The molecule has 1 aromatic rings. The van der Waals surface area contributed by atoms with E-state index < -0.39 is 0 Å². The molecule has 2 heterocycles. The second-order valence-corrected chi connectivity index (χ2v) is 4.20. The smallest absolute Gasteiger partial charge is 0.185 e. The quantitative estimate of drug-likeness (QED) is 0.672. The zero-order valence-electron chi connectivity index (χ0n) is 6.45. The van der Waals surface area contributed by atoms with Gasteiger partial charge in [0.1, 0.15) is 0 Å². The molecule has 11 heavy (non-hydrogen) atoms. The Labute approximate surface area is 69.8 Å². The lowest BCUT2D eigenvalue weighted by molar-refractivity contribution is 0.365. The van der Waals surface area contributed by atoms with Crippen molar-refractivity contribution in [3.05, 3.63) is 11.6 Å². The van der Waals surface area contributed by atoms with Crippen LogP contribution < -0.4 is 10.6 Å². The van der Waals surface area contributed by atoms with E-state index in [4.69, 9.17) is 5.73 Å². The predicted octanol–water partition coefficient (Wildman–Crippen LogP) is 0.680. The molecule has 0 amide bonds. The highest BCUT2D eigenvalue weighted by molar-refractivity contribution is 7.13. The fourth-order valence-corrected chi connectivity index (χ4v) is 1.98. The van der Waals surface area contributed by atoms with Crippen LogP contribution >= 0.6 is 11.3 Å². The molecule has 1 saturated heterocycles. The minimum absolute atomic E-state index is 0.00562. The number of nitrogens with zero attached hydrogens (tertiary/aromatic N) is 2. The summed E-state index contributed by atoms with van der Waals surface area (Å²) >= 11 is 1.67. The van der Waals surface area contributed by atoms with Crippen molar-refractivity contribution in [2.45, 2.75) is 12.5 Å². The maximum absolute atomic E-state index is 5.85. The van der Waals surface area contributed by atoms with Crippen LogP contribution in [0.2, 0.25) is 0 Å². The van der Waals surface area contributed by atoms with Crippen LogP contribution in [0.15, 0.2) is 11.6 Å². The molecule has 4 heteroatoms. The summed E-state index contributed by atoms with van der Waals surface area (Å²) in [7, 11) is 0. The third-order valence-corrected chi connectivity index (χ3v) is 2.63. The lowest BCUT2D eigenvalue weighted by Crippen LogP contribution is -2.65. The van der Waals surface area contributed by atoms with Crippen molar-refractivity contribution < 1.29 is 0 Å². The maximum atomic E-state index is 5.85. The second kappa shape index (κ2) is 2.19. The fourth-order valence-electron chi connectivity index (χ4n) is 1.33. The van der Waals surface area contributed by atoms with Gasteiger partial charge in [0.2, 0.25) is 0 Å². The topological polar surface area (TPSA) is 42.1 Å². The van der Waals surface area contributed by atoms with Crippen molar-refractivity contribution in [3.8, 4) is 0 Å². The Balaban J connectivity index is 2.03. The Bertz CT molecular complexity index is 234. The van der Waals surface area contributed by atoms with Crippen LogP contribution in [0, 0.1) is 0 Å². The first-order chi connectivity index (χ1) is 5.17. The van der Waals surface area contributed by atoms with Crippen molar-refractivity contribution in [1.82, 2.24) is 4.98 Å². The minimum Gasteiger partial charge on any atom is -0.344 e. The Kier molecular flexibility index (Phi) is 1.40. The number of rotatable bonds is 1. The van der Waals surface area contributed by atoms with Gasteiger partial charge in [-0.1, -0.05) is 0 Å². The van der Waals surface area contributed by atoms with E-state index in [9.17, 15) is 0 Å². The van der Waals surface area contributed by atoms with Crippen molar-refractivity contribution in [1.29, 1.82) is 0 Å². The molecule has 2 rings (SSSR count). The monoisotopic (exact) mass is 169 g/mol. The number of nitrogens with two attached hydrogens (primary N) is 1. The highest BCUT2D eigenvalue weighted by atomic mass is 32.1. The molecule has 0 aromatic carbocycles. The molecule has 0 aliphatic carbocycles. The van der Waals surface area contributed by atoms with Crippen LogP contribution in [0.3, 0.4) is 0 Å². The zero-order chi connectivity index (χ0) is 7.90. The van der Waals surface area contributed by atoms with E-state index in [1.807, 2.05) is 11.6 Å². The summed E-state index contributed by atoms with van der Waals surface area (Å²) in [6.45, 7) is 3.93. The summed E-state index contributed by atoms with van der Waals surface area (Å²) in [5, 5.41) is 3.08. The number of thiazole rings is 1. The Morgan fingerprint density at radius 3 is 2.91 bits per heavy atom. The first-order valence-corrected chi connectivity index (χ1v) is 4.49. The Morgan fingerprint density at radius 2 is 2.45 bits per heavy atom. The molecule has 0 atom stereocenters. The number of anilines is 1. The number of aromatic nitrogens is 1. The van der Waals surface area contributed by atoms with Gasteiger partial charge in [-0.05, 0) is 6.92 Å². The normalized spacial score (nSPS) is 21.5. The average molecular weight is 169 g/mol. The minimum atomic E-state index is 0.00562. The van der Waals surface area contributed by atoms with E-state index in [-0.39, 0.29) is 5.54 Å². The van der Waals surface area contributed by atoms with Gasteiger partial charge in [-0.2, -0.15) is 0 Å². The van der Waals surface area contributed by atoms with Gasteiger partial charge in [0.05, 0.1) is 0 Å². The zero-order valence-corrected chi connectivity index (χ0v) is 7.27. The Morgan fingerprint density at radius 1 is 1.73 bits per heavy atom. The average Bonchev–Trinajstić information content (AvgIpc) is 2.32. The highest BCUT2D eigenvalue weighted by Gasteiger charge is 2.35. The molecule has 3 nitrogen and oxygen atoms in total. The van der Waals surface area contributed by atoms with Gasteiger partial charge in [0, 0.05) is 30.2 Å². The van der Waals surface area contributed by atoms with Gasteiger partial charge >= 0.3 is 0 Å². The first-order valence-electron chi connectivity index (χ1n) is 3.61. The highest BCUT2D eigenvalue weighted by Crippen LogP contribution is 2.26. The molecule has 1 fully saturated rings. The number of hydrogen-bond donors (Lipinski definition) is 1. The summed E-state index contributed by atoms with van der Waals surface area (Å²) in [6.07, 6.45) is 1.83. The maximum Gasteiger partial charge on any atom is 0.185 e. The van der Waals surface area contributed by atoms with Gasteiger partial charge in [-0.15, -0.1) is 11.3 Å². The molecule has 2 N–H and O–H groups in total. The van der Waals surface area contributed by atoms with Gasteiger partial charge in [0.25, 0.3) is 0 Å². The molecule has 1 aliphatic heterocycles. The van der Waals surface area contributed by atoms with E-state index in [1.54, 1.807) is 11.3 Å². The fraction of sp³-hybridized carbons (Fsp3) is 0.571. The summed E-state index contributed by atoms with van der Waals surface area (Å²) in [6, 6.07) is 0. The largest absolute Gasteiger partial charge is 0.344 e. The van der Waals surface area contributed by atoms with Crippen molar-refractivity contribution in [2.75, 3.05) is 18.0 Å². The molecule has 0 unspecified atom stereocenters. The van der Waals surface area contributed by atoms with Gasteiger partial charge in [-0.3, -0.25) is 0 Å². The van der Waals surface area contributed by atoms with E-state index in [2.05, 4.69) is 16.8 Å². The van der Waals surface area contributed by atoms with Crippen molar-refractivity contribution in [2.24, 2.45) is 5.73 Å². The third-order valence-electron chi connectivity index (χ3n) is 1.79. The molecule has 0 saturated carbocycles. The third kappa shape index (κ3) is 1.23. The van der Waals surface area contributed by atoms with E-state index in [0.29, 0.717) is 0 Å². The standard InChI is InChI=1S/C7H11N3S/c1-7(8)4-10(5-7)6-9-2-3-11-6/h2-3H,4-5,8H2,1H3. The number of hydrogen-bond acceptors (Lipinski definition) is 4. The van der Waals surface area contributed by atoms with Crippen LogP contribution in [-0.4, -0.2) is 23.6 Å². The van der Waals surface area contributed by atoms with Gasteiger partial charge in [-0.25, -0.2) is 4.98 Å². The van der Waals surface area contributed by atoms with E-state index in [0.717, 1.165) is 18.2 Å². The van der Waals surface area contributed by atoms with E-state index >= 15 is 0 Å². The lowest BCUT2D eigenvalue weighted by Gasteiger charge is -2.45. The molecule has 0 bridgehead atoms. The van der Waals surface area contributed by atoms with Crippen LogP contribution in [0.25, 0.3) is 0 Å². The van der Waals surface area contributed by atoms with Crippen molar-refractivity contribution >= 4 is 16.5 Å². The van der Waals surface area contributed by atoms with Gasteiger partial charge in [0.15, 0.2) is 5.13 Å². The molecule has 1 aromatic heterocycles. The van der Waals surface area contributed by atoms with Crippen LogP contribution in [0.4, 0.5) is 5.13 Å². The molecule has 0 spiro atoms. The Hall–Kier alpha value is -0.610. The molecule has 1 aliphatic rings. The van der Waals surface area contributed by atoms with Crippen LogP contribution in [-0.2, 0) is 0 Å². The second-order valence-electron chi connectivity index (χ2n) is 3.32. The molecule has 0 radical (unpaired) electrons. The molecule has 60 valence electrons. The SMILES string of the molecule is CC1(N)CN(c2nccs2)C1. The summed E-state index contributed by atoms with van der Waals surface area (Å²) in [5.41, 5.74) is 5.86. The van der Waals surface area contributed by atoms with Gasteiger partial charge < -0.3 is 10.6 Å². The lowest BCUT2D eigenvalue weighted by atomic mass is 9.95. The van der Waals surface area contributed by atoms with Crippen molar-refractivity contribution in [3.63, 3.8) is 0 Å². The molecular formula is C7H11N3S. The first kappa shape index (κ1) is 7.06. The predicted molar refractivity (Wildman–Crippen MR) is 46.9 cm³/mol. The summed E-state index contributed by atoms with van der Waals surface area (Å²) in [4.78, 5) is 6.39. The summed E-state index contributed by atoms with van der Waals surface area (Å²) < 4.78 is 0.